The zero-order chi connectivity index (χ0) is 28.5. The van der Waals surface area contributed by atoms with E-state index in [1.165, 1.54) is 12.1 Å². The normalized spacial score (nSPS) is 13.2. The van der Waals surface area contributed by atoms with Crippen molar-refractivity contribution < 1.29 is 18.4 Å². The van der Waals surface area contributed by atoms with Crippen LogP contribution in [0.4, 0.5) is 14.6 Å². The van der Waals surface area contributed by atoms with E-state index in [0.717, 1.165) is 11.6 Å². The molecule has 0 radical (unpaired) electrons. The second-order valence-electron chi connectivity index (χ2n) is 12.0. The zero-order valence-electron chi connectivity index (χ0n) is 23.4. The minimum absolute atomic E-state index is 0.219. The summed E-state index contributed by atoms with van der Waals surface area (Å²) in [7, 11) is 0. The van der Waals surface area contributed by atoms with Crippen LogP contribution in [0.1, 0.15) is 78.6 Å². The van der Waals surface area contributed by atoms with Gasteiger partial charge in [0.2, 0.25) is 5.91 Å². The first-order valence-electron chi connectivity index (χ1n) is 12.7. The molecule has 0 aliphatic heterocycles. The molecule has 0 saturated heterocycles. The summed E-state index contributed by atoms with van der Waals surface area (Å²) in [6.07, 6.45) is 0.219. The molecule has 0 spiro atoms. The standard InChI is InChI=1S/C30H38F2N4O2/c1-19(33-26(37)18-29(5,6)20-12-10-9-11-13-20)27(38)36(28(2,3)4)25-17-24(34-35-25)30(7,8)21-14-22(31)16-23(32)15-21/h9-17,19H,18H2,1-8H3,(H,33,37)(H,34,35). The Bertz CT molecular complexity index is 1270. The Morgan fingerprint density at radius 2 is 1.50 bits per heavy atom. The molecule has 3 rings (SSSR count). The first kappa shape index (κ1) is 29.0. The highest BCUT2D eigenvalue weighted by Gasteiger charge is 2.36. The van der Waals surface area contributed by atoms with Gasteiger partial charge in [0.1, 0.15) is 23.5 Å². The van der Waals surface area contributed by atoms with Crippen molar-refractivity contribution in [2.45, 2.75) is 84.2 Å². The second kappa shape index (κ2) is 10.7. The van der Waals surface area contributed by atoms with Gasteiger partial charge >= 0.3 is 0 Å². The van der Waals surface area contributed by atoms with Crippen LogP contribution in [0.25, 0.3) is 0 Å². The van der Waals surface area contributed by atoms with Gasteiger partial charge in [-0.2, -0.15) is 5.10 Å². The molecule has 1 atom stereocenters. The minimum atomic E-state index is -0.840. The van der Waals surface area contributed by atoms with Gasteiger partial charge in [0.25, 0.3) is 5.91 Å². The lowest BCUT2D eigenvalue weighted by molar-refractivity contribution is -0.128. The molecule has 38 heavy (non-hydrogen) atoms. The van der Waals surface area contributed by atoms with E-state index in [1.807, 2.05) is 78.8 Å². The van der Waals surface area contributed by atoms with Crippen molar-refractivity contribution in [2.75, 3.05) is 4.90 Å². The predicted molar refractivity (Wildman–Crippen MR) is 146 cm³/mol. The maximum absolute atomic E-state index is 13.9. The first-order valence-corrected chi connectivity index (χ1v) is 12.7. The van der Waals surface area contributed by atoms with E-state index in [4.69, 9.17) is 0 Å². The Hall–Kier alpha value is -3.55. The number of H-pyrrole nitrogens is 1. The molecule has 1 unspecified atom stereocenters. The van der Waals surface area contributed by atoms with Crippen LogP contribution in [0, 0.1) is 11.6 Å². The maximum Gasteiger partial charge on any atom is 0.250 e. The number of nitrogens with one attached hydrogen (secondary N) is 2. The molecular weight excluding hydrogens is 486 g/mol. The summed E-state index contributed by atoms with van der Waals surface area (Å²) in [5.41, 5.74) is 0.0733. The van der Waals surface area contributed by atoms with Crippen LogP contribution in [0.15, 0.2) is 54.6 Å². The monoisotopic (exact) mass is 524 g/mol. The highest BCUT2D eigenvalue weighted by Crippen LogP contribution is 2.34. The molecule has 2 amide bonds. The number of hydrogen-bond acceptors (Lipinski definition) is 3. The number of nitrogens with zero attached hydrogens (tertiary/aromatic N) is 2. The molecule has 3 aromatic rings. The van der Waals surface area contributed by atoms with Gasteiger partial charge in [-0.05, 0) is 56.4 Å². The third kappa shape index (κ3) is 6.47. The number of rotatable bonds is 8. The lowest BCUT2D eigenvalue weighted by Gasteiger charge is -2.36. The molecule has 6 nitrogen and oxygen atoms in total. The molecule has 1 aromatic heterocycles. The molecule has 1 heterocycles. The zero-order valence-corrected chi connectivity index (χ0v) is 23.4. The molecule has 8 heteroatoms. The Kier molecular flexibility index (Phi) is 8.15. The summed E-state index contributed by atoms with van der Waals surface area (Å²) < 4.78 is 27.8. The average Bonchev–Trinajstić information content (AvgIpc) is 3.28. The van der Waals surface area contributed by atoms with E-state index in [1.54, 1.807) is 17.9 Å². The Labute approximate surface area is 223 Å². The van der Waals surface area contributed by atoms with Crippen LogP contribution in [-0.2, 0) is 20.4 Å². The average molecular weight is 525 g/mol. The molecular formula is C30H38F2N4O2. The van der Waals surface area contributed by atoms with E-state index in [0.29, 0.717) is 17.1 Å². The van der Waals surface area contributed by atoms with Crippen LogP contribution in [0.2, 0.25) is 0 Å². The van der Waals surface area contributed by atoms with Gasteiger partial charge in [-0.15, -0.1) is 0 Å². The number of anilines is 1. The van der Waals surface area contributed by atoms with Crippen LogP contribution in [0.5, 0.6) is 0 Å². The summed E-state index contributed by atoms with van der Waals surface area (Å²) in [6, 6.07) is 14.1. The number of hydrogen-bond donors (Lipinski definition) is 2. The molecule has 0 aliphatic rings. The number of amides is 2. The van der Waals surface area contributed by atoms with Gasteiger partial charge in [0, 0.05) is 29.5 Å². The summed E-state index contributed by atoms with van der Waals surface area (Å²) in [5.74, 6) is -1.46. The predicted octanol–water partition coefficient (Wildman–Crippen LogP) is 6.02. The highest BCUT2D eigenvalue weighted by atomic mass is 19.1. The molecule has 2 N–H and O–H groups in total. The number of benzene rings is 2. The van der Waals surface area contributed by atoms with Gasteiger partial charge in [-0.3, -0.25) is 19.6 Å². The molecule has 0 fully saturated rings. The van der Waals surface area contributed by atoms with Gasteiger partial charge in [0.15, 0.2) is 0 Å². The van der Waals surface area contributed by atoms with E-state index in [-0.39, 0.29) is 18.2 Å². The maximum atomic E-state index is 13.9. The number of aromatic nitrogens is 2. The lowest BCUT2D eigenvalue weighted by atomic mass is 9.81. The van der Waals surface area contributed by atoms with Crippen LogP contribution < -0.4 is 10.2 Å². The summed E-state index contributed by atoms with van der Waals surface area (Å²) in [4.78, 5) is 28.1. The number of carbonyl (C=O) groups excluding carboxylic acids is 2. The molecule has 2 aromatic carbocycles. The van der Waals surface area contributed by atoms with Gasteiger partial charge < -0.3 is 5.32 Å². The van der Waals surface area contributed by atoms with Crippen molar-refractivity contribution in [3.05, 3.63) is 83.1 Å². The lowest BCUT2D eigenvalue weighted by Crippen LogP contribution is -2.54. The Morgan fingerprint density at radius 3 is 2.05 bits per heavy atom. The highest BCUT2D eigenvalue weighted by molar-refractivity contribution is 5.99. The Morgan fingerprint density at radius 1 is 0.921 bits per heavy atom. The van der Waals surface area contributed by atoms with E-state index in [9.17, 15) is 18.4 Å². The van der Waals surface area contributed by atoms with Gasteiger partial charge in [0.05, 0.1) is 5.69 Å². The van der Waals surface area contributed by atoms with Crippen LogP contribution in [0.3, 0.4) is 0 Å². The van der Waals surface area contributed by atoms with E-state index >= 15 is 0 Å². The quantitative estimate of drug-likeness (QED) is 0.378. The molecule has 204 valence electrons. The first-order chi connectivity index (χ1) is 17.5. The Balaban J connectivity index is 1.81. The largest absolute Gasteiger partial charge is 0.345 e. The summed E-state index contributed by atoms with van der Waals surface area (Å²) in [5, 5.41) is 10.2. The van der Waals surface area contributed by atoms with E-state index < -0.39 is 34.0 Å². The summed E-state index contributed by atoms with van der Waals surface area (Å²) >= 11 is 0. The smallest absolute Gasteiger partial charge is 0.250 e. The van der Waals surface area contributed by atoms with Crippen LogP contribution >= 0.6 is 0 Å². The minimum Gasteiger partial charge on any atom is -0.345 e. The molecule has 0 saturated carbocycles. The third-order valence-corrected chi connectivity index (χ3v) is 6.83. The van der Waals surface area contributed by atoms with Crippen LogP contribution in [-0.4, -0.2) is 33.6 Å². The second-order valence-corrected chi connectivity index (χ2v) is 12.0. The third-order valence-electron chi connectivity index (χ3n) is 6.83. The number of carbonyl (C=O) groups is 2. The van der Waals surface area contributed by atoms with Crippen molar-refractivity contribution in [1.82, 2.24) is 15.5 Å². The van der Waals surface area contributed by atoms with Gasteiger partial charge in [-0.1, -0.05) is 58.0 Å². The fraction of sp³-hybridized carbons (Fsp3) is 0.433. The van der Waals surface area contributed by atoms with Gasteiger partial charge in [-0.25, -0.2) is 8.78 Å². The fourth-order valence-electron chi connectivity index (χ4n) is 4.56. The SMILES string of the molecule is CC(NC(=O)CC(C)(C)c1ccccc1)C(=O)N(c1cc(C(C)(C)c2cc(F)cc(F)c2)n[nH]1)C(C)(C)C. The molecule has 0 bridgehead atoms. The van der Waals surface area contributed by atoms with E-state index in [2.05, 4.69) is 15.5 Å². The van der Waals surface area contributed by atoms with Crippen molar-refractivity contribution in [3.8, 4) is 0 Å². The van der Waals surface area contributed by atoms with Crippen molar-refractivity contribution in [2.24, 2.45) is 0 Å². The molecule has 0 aliphatic carbocycles. The topological polar surface area (TPSA) is 78.1 Å². The summed E-state index contributed by atoms with van der Waals surface area (Å²) in [6.45, 7) is 14.9. The number of aromatic amines is 1. The van der Waals surface area contributed by atoms with Crippen molar-refractivity contribution >= 4 is 17.6 Å². The number of halogens is 2. The van der Waals surface area contributed by atoms with Crippen molar-refractivity contribution in [1.29, 1.82) is 0 Å². The fourth-order valence-corrected chi connectivity index (χ4v) is 4.56. The van der Waals surface area contributed by atoms with Crippen molar-refractivity contribution in [3.63, 3.8) is 0 Å².